The molecule has 0 aliphatic carbocycles. The molecule has 2 heterocycles. The Balaban J connectivity index is 1.13. The van der Waals surface area contributed by atoms with E-state index in [2.05, 4.69) is 36.4 Å². The minimum atomic E-state index is 0.559. The summed E-state index contributed by atoms with van der Waals surface area (Å²) in [4.78, 5) is 9.98. The maximum Gasteiger partial charge on any atom is 0.118 e. The maximum atomic E-state index is 10.3. The molecule has 6 nitrogen and oxygen atoms in total. The van der Waals surface area contributed by atoms with Gasteiger partial charge >= 0.3 is 0 Å². The molecule has 0 saturated carbocycles. The number of aromatic nitrogens is 2. The van der Waals surface area contributed by atoms with Gasteiger partial charge in [0.05, 0.1) is 36.7 Å². The Labute approximate surface area is 324 Å². The molecule has 0 fully saturated rings. The van der Waals surface area contributed by atoms with Crippen molar-refractivity contribution in [2.75, 3.05) is 14.2 Å². The smallest absolute Gasteiger partial charge is 0.118 e. The zero-order chi connectivity index (χ0) is 37.3. The second-order valence-electron chi connectivity index (χ2n) is 12.3. The lowest BCUT2D eigenvalue weighted by atomic mass is 9.99. The van der Waals surface area contributed by atoms with E-state index in [-0.39, 0.29) is 0 Å². The molecule has 0 aliphatic heterocycles. The molecule has 0 radical (unpaired) electrons. The molecule has 0 spiro atoms. The molecular formula is C46H34N4O2S2. The van der Waals surface area contributed by atoms with E-state index in [4.69, 9.17) is 19.4 Å². The summed E-state index contributed by atoms with van der Waals surface area (Å²) in [5.41, 5.74) is 10.5. The van der Waals surface area contributed by atoms with Gasteiger partial charge in [-0.2, -0.15) is 10.5 Å². The number of ether oxygens (including phenoxy) is 2. The molecule has 2 aromatic heterocycles. The van der Waals surface area contributed by atoms with Crippen LogP contribution in [0.3, 0.4) is 0 Å². The zero-order valence-corrected chi connectivity index (χ0v) is 31.3. The fourth-order valence-corrected chi connectivity index (χ4v) is 7.93. The average molecular weight is 739 g/mol. The van der Waals surface area contributed by atoms with Crippen LogP contribution in [-0.2, 0) is 11.5 Å². The second kappa shape index (κ2) is 17.0. The van der Waals surface area contributed by atoms with Gasteiger partial charge in [0.25, 0.3) is 0 Å². The summed E-state index contributed by atoms with van der Waals surface area (Å²) < 4.78 is 10.7. The molecule has 7 aromatic rings. The van der Waals surface area contributed by atoms with Gasteiger partial charge in [0, 0.05) is 33.8 Å². The molecule has 0 aliphatic rings. The molecule has 0 amide bonds. The highest BCUT2D eigenvalue weighted by atomic mass is 32.2. The topological polar surface area (TPSA) is 91.8 Å². The van der Waals surface area contributed by atoms with Gasteiger partial charge in [-0.05, 0) is 82.9 Å². The zero-order valence-electron chi connectivity index (χ0n) is 29.7. The lowest BCUT2D eigenvalue weighted by molar-refractivity contribution is 0.415. The quantitative estimate of drug-likeness (QED) is 0.114. The highest BCUT2D eigenvalue weighted by Gasteiger charge is 2.18. The Hall–Kier alpha value is -6.32. The number of thioether (sulfide) groups is 2. The summed E-state index contributed by atoms with van der Waals surface area (Å²) in [6.07, 6.45) is 0. The largest absolute Gasteiger partial charge is 0.497 e. The van der Waals surface area contributed by atoms with Gasteiger partial charge in [0.2, 0.25) is 0 Å². The predicted octanol–water partition coefficient (Wildman–Crippen LogP) is 11.5. The summed E-state index contributed by atoms with van der Waals surface area (Å²) >= 11 is 3.11. The first-order valence-corrected chi connectivity index (χ1v) is 19.2. The van der Waals surface area contributed by atoms with Crippen molar-refractivity contribution in [3.8, 4) is 68.4 Å². The number of hydrogen-bond acceptors (Lipinski definition) is 8. The van der Waals surface area contributed by atoms with Crippen LogP contribution in [-0.4, -0.2) is 24.2 Å². The Morgan fingerprint density at radius 3 is 1.19 bits per heavy atom. The Morgan fingerprint density at radius 1 is 0.481 bits per heavy atom. The maximum absolute atomic E-state index is 10.3. The number of rotatable bonds is 12. The molecule has 5 aromatic carbocycles. The van der Waals surface area contributed by atoms with Gasteiger partial charge in [0.1, 0.15) is 33.7 Å². The third kappa shape index (κ3) is 8.17. The fraction of sp³-hybridized carbons (Fsp3) is 0.0870. The third-order valence-corrected chi connectivity index (χ3v) is 11.0. The Bertz CT molecular complexity index is 2280. The molecule has 7 rings (SSSR count). The minimum Gasteiger partial charge on any atom is -0.497 e. The van der Waals surface area contributed by atoms with Crippen LogP contribution >= 0.6 is 23.5 Å². The first-order chi connectivity index (χ1) is 26.6. The number of methoxy groups -OCH3 is 2. The molecule has 0 unspecified atom stereocenters. The summed E-state index contributed by atoms with van der Waals surface area (Å²) in [5.74, 6) is 2.82. The molecule has 0 atom stereocenters. The van der Waals surface area contributed by atoms with E-state index in [1.54, 1.807) is 37.7 Å². The van der Waals surface area contributed by atoms with E-state index in [9.17, 15) is 10.5 Å². The standard InChI is InChI=1S/C46H34N4O2S2/c1-51-37-21-17-35(18-22-37)43-25-39(33-9-5-3-6-10-33)41(27-47)45(49-43)53-29-31-13-15-32(16-14-31)30-54-46-42(28-48)40(34-11-7-4-8-12-34)26-44(50-46)36-19-23-38(52-2)24-20-36/h3-26H,29-30H2,1-2H3. The Morgan fingerprint density at radius 2 is 0.852 bits per heavy atom. The predicted molar refractivity (Wildman–Crippen MR) is 218 cm³/mol. The van der Waals surface area contributed by atoms with E-state index in [0.29, 0.717) is 32.7 Å². The van der Waals surface area contributed by atoms with Gasteiger partial charge in [-0.15, -0.1) is 23.5 Å². The molecule has 0 saturated heterocycles. The molecule has 0 bridgehead atoms. The summed E-state index contributed by atoms with van der Waals surface area (Å²) in [7, 11) is 3.30. The molecule has 54 heavy (non-hydrogen) atoms. The lowest BCUT2D eigenvalue weighted by Gasteiger charge is -2.14. The second-order valence-corrected chi connectivity index (χ2v) is 14.2. The van der Waals surface area contributed by atoms with Crippen molar-refractivity contribution in [2.45, 2.75) is 21.6 Å². The van der Waals surface area contributed by atoms with Gasteiger partial charge < -0.3 is 9.47 Å². The van der Waals surface area contributed by atoms with Crippen molar-refractivity contribution < 1.29 is 9.47 Å². The van der Waals surface area contributed by atoms with E-state index in [1.165, 1.54) is 0 Å². The van der Waals surface area contributed by atoms with Crippen LogP contribution in [0.25, 0.3) is 44.8 Å². The summed E-state index contributed by atoms with van der Waals surface area (Å²) in [6, 6.07) is 52.9. The van der Waals surface area contributed by atoms with Crippen molar-refractivity contribution in [1.29, 1.82) is 10.5 Å². The number of nitriles is 2. The van der Waals surface area contributed by atoms with Crippen molar-refractivity contribution in [1.82, 2.24) is 9.97 Å². The number of nitrogens with zero attached hydrogens (tertiary/aromatic N) is 4. The highest BCUT2D eigenvalue weighted by molar-refractivity contribution is 7.98. The first kappa shape index (κ1) is 36.1. The van der Waals surface area contributed by atoms with Crippen LogP contribution in [0.5, 0.6) is 11.5 Å². The van der Waals surface area contributed by atoms with Crippen molar-refractivity contribution in [3.63, 3.8) is 0 Å². The van der Waals surface area contributed by atoms with Crippen LogP contribution in [0, 0.1) is 22.7 Å². The van der Waals surface area contributed by atoms with Crippen LogP contribution < -0.4 is 9.47 Å². The highest BCUT2D eigenvalue weighted by Crippen LogP contribution is 2.38. The molecule has 262 valence electrons. The van der Waals surface area contributed by atoms with Crippen molar-refractivity contribution in [2.24, 2.45) is 0 Å². The van der Waals surface area contributed by atoms with Crippen LogP contribution in [0.15, 0.2) is 156 Å². The average Bonchev–Trinajstić information content (AvgIpc) is 3.25. The van der Waals surface area contributed by atoms with E-state index in [1.807, 2.05) is 121 Å². The number of hydrogen-bond donors (Lipinski definition) is 0. The normalized spacial score (nSPS) is 10.7. The van der Waals surface area contributed by atoms with Gasteiger partial charge in [-0.25, -0.2) is 9.97 Å². The fourth-order valence-electron chi connectivity index (χ4n) is 6.01. The summed E-state index contributed by atoms with van der Waals surface area (Å²) in [6.45, 7) is 0. The van der Waals surface area contributed by atoms with Crippen molar-refractivity contribution >= 4 is 23.5 Å². The van der Waals surface area contributed by atoms with E-state index < -0.39 is 0 Å². The van der Waals surface area contributed by atoms with Crippen LogP contribution in [0.4, 0.5) is 0 Å². The SMILES string of the molecule is COc1ccc(-c2cc(-c3ccccc3)c(C#N)c(SCc3ccc(CSc4nc(-c5ccc(OC)cc5)cc(-c5ccccc5)c4C#N)cc3)n2)cc1. The van der Waals surface area contributed by atoms with Gasteiger partial charge in [-0.3, -0.25) is 0 Å². The number of benzene rings is 5. The first-order valence-electron chi connectivity index (χ1n) is 17.2. The monoisotopic (exact) mass is 738 g/mol. The Kier molecular flexibility index (Phi) is 11.4. The van der Waals surface area contributed by atoms with Crippen molar-refractivity contribution in [3.05, 3.63) is 168 Å². The minimum absolute atomic E-state index is 0.559. The van der Waals surface area contributed by atoms with Gasteiger partial charge in [-0.1, -0.05) is 84.9 Å². The molecule has 8 heteroatoms. The number of pyridine rings is 2. The summed E-state index contributed by atoms with van der Waals surface area (Å²) in [5, 5.41) is 22.1. The van der Waals surface area contributed by atoms with Gasteiger partial charge in [0.15, 0.2) is 0 Å². The molecule has 0 N–H and O–H groups in total. The van der Waals surface area contributed by atoms with E-state index >= 15 is 0 Å². The lowest BCUT2D eigenvalue weighted by Crippen LogP contribution is -1.97. The van der Waals surface area contributed by atoms with Crippen LogP contribution in [0.1, 0.15) is 22.3 Å². The molecular weight excluding hydrogens is 705 g/mol. The van der Waals surface area contributed by atoms with Crippen LogP contribution in [0.2, 0.25) is 0 Å². The van der Waals surface area contributed by atoms with E-state index in [0.717, 1.165) is 67.4 Å². The third-order valence-electron chi connectivity index (χ3n) is 8.91.